The number of nitro groups is 1. The van der Waals surface area contributed by atoms with E-state index in [0.29, 0.717) is 33.6 Å². The number of nitrogens with zero attached hydrogens (tertiary/aromatic N) is 3. The Balaban J connectivity index is 1.62. The molecule has 39 heavy (non-hydrogen) atoms. The molecule has 1 aromatic heterocycles. The van der Waals surface area contributed by atoms with Crippen LogP contribution in [0.1, 0.15) is 10.8 Å². The quantitative estimate of drug-likeness (QED) is 0.115. The first kappa shape index (κ1) is 25.7. The van der Waals surface area contributed by atoms with Gasteiger partial charge in [-0.2, -0.15) is 0 Å². The van der Waals surface area contributed by atoms with E-state index in [9.17, 15) is 19.7 Å². The molecule has 194 valence electrons. The largest absolute Gasteiger partial charge is 0.497 e. The Labute approximate surface area is 227 Å². The van der Waals surface area contributed by atoms with Gasteiger partial charge >= 0.3 is 0 Å². The van der Waals surface area contributed by atoms with Crippen molar-refractivity contribution in [2.45, 2.75) is 10.4 Å². The van der Waals surface area contributed by atoms with E-state index < -0.39 is 10.2 Å². The number of rotatable bonds is 8. The highest BCUT2D eigenvalue weighted by Crippen LogP contribution is 2.36. The average molecular weight is 539 g/mol. The Morgan fingerprint density at radius 3 is 2.41 bits per heavy atom. The summed E-state index contributed by atoms with van der Waals surface area (Å²) >= 11 is 1.11. The minimum absolute atomic E-state index is 0.102. The van der Waals surface area contributed by atoms with Crippen LogP contribution in [0.5, 0.6) is 5.75 Å². The summed E-state index contributed by atoms with van der Waals surface area (Å²) in [5, 5.41) is 14.0. The van der Waals surface area contributed by atoms with Crippen LogP contribution in [-0.4, -0.2) is 27.5 Å². The van der Waals surface area contributed by atoms with Crippen LogP contribution in [0.4, 0.5) is 11.4 Å². The highest BCUT2D eigenvalue weighted by Gasteiger charge is 2.26. The fourth-order valence-electron chi connectivity index (χ4n) is 4.06. The third kappa shape index (κ3) is 5.51. The van der Waals surface area contributed by atoms with Crippen molar-refractivity contribution in [3.8, 4) is 11.4 Å². The maximum Gasteiger partial charge on any atom is 0.269 e. The Bertz CT molecular complexity index is 1720. The lowest BCUT2D eigenvalue weighted by atomic mass is 10.1. The van der Waals surface area contributed by atoms with E-state index in [4.69, 9.17) is 9.72 Å². The number of para-hydroxylation sites is 1. The van der Waals surface area contributed by atoms with Crippen molar-refractivity contribution in [3.05, 3.63) is 129 Å². The Kier molecular flexibility index (Phi) is 7.37. The smallest absolute Gasteiger partial charge is 0.269 e. The SMILES string of the molecule is COc1cccc(NC(=O)[C@H](Sc2nc3ccccc3c(=O)n2-c2ccc([N+](=O)[O-])cc2)c2ccccc2)c1. The van der Waals surface area contributed by atoms with Crippen LogP contribution < -0.4 is 15.6 Å². The number of fused-ring (bicyclic) bond motifs is 1. The van der Waals surface area contributed by atoms with Gasteiger partial charge in [-0.15, -0.1) is 0 Å². The van der Waals surface area contributed by atoms with Crippen molar-refractivity contribution in [1.82, 2.24) is 9.55 Å². The number of nitrogens with one attached hydrogen (secondary N) is 1. The summed E-state index contributed by atoms with van der Waals surface area (Å²) in [6, 6.07) is 28.8. The molecule has 5 rings (SSSR count). The second-order valence-electron chi connectivity index (χ2n) is 8.46. The van der Waals surface area contributed by atoms with Gasteiger partial charge in [0.2, 0.25) is 5.91 Å². The van der Waals surface area contributed by atoms with Crippen LogP contribution >= 0.6 is 11.8 Å². The van der Waals surface area contributed by atoms with Gasteiger partial charge in [-0.25, -0.2) is 4.98 Å². The summed E-state index contributed by atoms with van der Waals surface area (Å²) in [5.74, 6) is 0.275. The van der Waals surface area contributed by atoms with E-state index in [1.165, 1.54) is 28.8 Å². The molecule has 9 nitrogen and oxygen atoms in total. The summed E-state index contributed by atoms with van der Waals surface area (Å²) < 4.78 is 6.65. The summed E-state index contributed by atoms with van der Waals surface area (Å²) in [5.41, 5.74) is 1.68. The molecule has 0 bridgehead atoms. The number of hydrogen-bond donors (Lipinski definition) is 1. The predicted molar refractivity (Wildman–Crippen MR) is 151 cm³/mol. The molecule has 0 aliphatic carbocycles. The number of amides is 1. The molecule has 0 fully saturated rings. The van der Waals surface area contributed by atoms with Crippen LogP contribution in [0.25, 0.3) is 16.6 Å². The Morgan fingerprint density at radius 2 is 1.69 bits per heavy atom. The second-order valence-corrected chi connectivity index (χ2v) is 9.53. The summed E-state index contributed by atoms with van der Waals surface area (Å²) in [6.45, 7) is 0. The summed E-state index contributed by atoms with van der Waals surface area (Å²) in [4.78, 5) is 42.8. The number of aromatic nitrogens is 2. The Morgan fingerprint density at radius 1 is 0.974 bits per heavy atom. The molecule has 1 amide bonds. The lowest BCUT2D eigenvalue weighted by Gasteiger charge is -2.20. The highest BCUT2D eigenvalue weighted by molar-refractivity contribution is 8.00. The number of nitro benzene ring substituents is 1. The highest BCUT2D eigenvalue weighted by atomic mass is 32.2. The molecule has 0 radical (unpaired) electrons. The molecule has 1 atom stereocenters. The third-order valence-electron chi connectivity index (χ3n) is 5.96. The standard InChI is InChI=1S/C29H22N4O5S/c1-38-23-11-7-10-20(18-23)30-27(34)26(19-8-3-2-4-9-19)39-29-31-25-13-6-5-12-24(25)28(35)32(29)21-14-16-22(17-15-21)33(36)37/h2-18,26H,1H3,(H,30,34)/t26-/m1/s1. The number of methoxy groups -OCH3 is 1. The molecule has 0 unspecified atom stereocenters. The number of anilines is 1. The molecule has 0 spiro atoms. The number of hydrogen-bond acceptors (Lipinski definition) is 7. The minimum atomic E-state index is -0.783. The zero-order valence-corrected chi connectivity index (χ0v) is 21.5. The van der Waals surface area contributed by atoms with Gasteiger partial charge in [0.15, 0.2) is 5.16 Å². The number of non-ortho nitro benzene ring substituents is 1. The number of carbonyl (C=O) groups excluding carboxylic acids is 1. The van der Waals surface area contributed by atoms with Crippen LogP contribution in [0.15, 0.2) is 113 Å². The van der Waals surface area contributed by atoms with E-state index >= 15 is 0 Å². The first-order valence-electron chi connectivity index (χ1n) is 11.9. The normalized spacial score (nSPS) is 11.6. The molecule has 10 heteroatoms. The molecule has 0 aliphatic heterocycles. The van der Waals surface area contributed by atoms with Crippen LogP contribution in [0.2, 0.25) is 0 Å². The monoisotopic (exact) mass is 538 g/mol. The van der Waals surface area contributed by atoms with Gasteiger partial charge in [0.25, 0.3) is 11.2 Å². The van der Waals surface area contributed by atoms with Crippen molar-refractivity contribution < 1.29 is 14.5 Å². The average Bonchev–Trinajstić information content (AvgIpc) is 2.96. The van der Waals surface area contributed by atoms with Gasteiger partial charge in [0, 0.05) is 23.9 Å². The van der Waals surface area contributed by atoms with Crippen molar-refractivity contribution in [1.29, 1.82) is 0 Å². The van der Waals surface area contributed by atoms with Gasteiger partial charge in [-0.05, 0) is 42.0 Å². The molecule has 1 heterocycles. The van der Waals surface area contributed by atoms with Gasteiger partial charge in [0.05, 0.1) is 28.6 Å². The lowest BCUT2D eigenvalue weighted by Crippen LogP contribution is -2.24. The van der Waals surface area contributed by atoms with Gasteiger partial charge < -0.3 is 10.1 Å². The van der Waals surface area contributed by atoms with Crippen molar-refractivity contribution in [2.24, 2.45) is 0 Å². The fourth-order valence-corrected chi connectivity index (χ4v) is 5.17. The first-order valence-corrected chi connectivity index (χ1v) is 12.8. The zero-order valence-electron chi connectivity index (χ0n) is 20.7. The van der Waals surface area contributed by atoms with Crippen molar-refractivity contribution in [2.75, 3.05) is 12.4 Å². The van der Waals surface area contributed by atoms with E-state index in [1.54, 1.807) is 55.6 Å². The Hall–Kier alpha value is -4.96. The zero-order chi connectivity index (χ0) is 27.4. The van der Waals surface area contributed by atoms with Crippen LogP contribution in [0, 0.1) is 10.1 Å². The van der Waals surface area contributed by atoms with Crippen molar-refractivity contribution >= 4 is 39.9 Å². The number of ether oxygens (including phenoxy) is 1. The van der Waals surface area contributed by atoms with E-state index in [2.05, 4.69) is 5.32 Å². The number of thioether (sulfide) groups is 1. The topological polar surface area (TPSA) is 116 Å². The van der Waals surface area contributed by atoms with Gasteiger partial charge in [-0.3, -0.25) is 24.3 Å². The number of carbonyl (C=O) groups is 1. The maximum atomic E-state index is 13.7. The molecule has 0 saturated heterocycles. The fraction of sp³-hybridized carbons (Fsp3) is 0.0690. The third-order valence-corrected chi connectivity index (χ3v) is 7.17. The minimum Gasteiger partial charge on any atom is -0.497 e. The van der Waals surface area contributed by atoms with E-state index in [1.807, 2.05) is 30.3 Å². The molecule has 4 aromatic carbocycles. The first-order chi connectivity index (χ1) is 18.9. The molecule has 0 aliphatic rings. The lowest BCUT2D eigenvalue weighted by molar-refractivity contribution is -0.384. The predicted octanol–water partition coefficient (Wildman–Crippen LogP) is 5.77. The summed E-state index contributed by atoms with van der Waals surface area (Å²) in [7, 11) is 1.55. The van der Waals surface area contributed by atoms with E-state index in [-0.39, 0.29) is 22.3 Å². The molecular weight excluding hydrogens is 516 g/mol. The van der Waals surface area contributed by atoms with E-state index in [0.717, 1.165) is 11.8 Å². The molecular formula is C29H22N4O5S. The number of benzene rings is 4. The van der Waals surface area contributed by atoms with Crippen LogP contribution in [0.3, 0.4) is 0 Å². The summed E-state index contributed by atoms with van der Waals surface area (Å²) in [6.07, 6.45) is 0. The van der Waals surface area contributed by atoms with Crippen molar-refractivity contribution in [3.63, 3.8) is 0 Å². The maximum absolute atomic E-state index is 13.7. The van der Waals surface area contributed by atoms with Gasteiger partial charge in [-0.1, -0.05) is 60.3 Å². The molecule has 1 N–H and O–H groups in total. The second kappa shape index (κ2) is 11.2. The van der Waals surface area contributed by atoms with Gasteiger partial charge in [0.1, 0.15) is 11.0 Å². The molecule has 5 aromatic rings. The molecule has 0 saturated carbocycles. The van der Waals surface area contributed by atoms with Crippen LogP contribution in [-0.2, 0) is 4.79 Å².